The van der Waals surface area contributed by atoms with E-state index >= 15 is 0 Å². The number of rotatable bonds is 5. The lowest BCUT2D eigenvalue weighted by Crippen LogP contribution is -1.95. The van der Waals surface area contributed by atoms with Gasteiger partial charge in [0, 0.05) is 18.0 Å². The van der Waals surface area contributed by atoms with Gasteiger partial charge in [0.1, 0.15) is 11.3 Å². The number of nitrogens with zero attached hydrogens (tertiary/aromatic N) is 2. The molecule has 0 aliphatic heterocycles. The molecule has 4 rings (SSSR count). The maximum atomic E-state index is 14.6. The molecule has 2 aromatic carbocycles. The summed E-state index contributed by atoms with van der Waals surface area (Å²) < 4.78 is 24.7. The number of pyridine rings is 1. The third-order valence-corrected chi connectivity index (χ3v) is 4.28. The first-order chi connectivity index (χ1) is 13.6. The van der Waals surface area contributed by atoms with E-state index in [4.69, 9.17) is 9.47 Å². The summed E-state index contributed by atoms with van der Waals surface area (Å²) in [6.07, 6.45) is 1.61. The second-order valence-electron chi connectivity index (χ2n) is 5.97. The Morgan fingerprint density at radius 2 is 1.89 bits per heavy atom. The lowest BCUT2D eigenvalue weighted by molar-refractivity contribution is 0.373. The zero-order valence-electron chi connectivity index (χ0n) is 15.2. The lowest BCUT2D eigenvalue weighted by Gasteiger charge is -2.08. The van der Waals surface area contributed by atoms with Crippen LogP contribution in [0.5, 0.6) is 17.2 Å². The van der Waals surface area contributed by atoms with Crippen LogP contribution in [0.25, 0.3) is 22.4 Å². The predicted molar refractivity (Wildman–Crippen MR) is 104 cm³/mol. The van der Waals surface area contributed by atoms with E-state index in [1.165, 1.54) is 20.3 Å². The molecule has 28 heavy (non-hydrogen) atoms. The van der Waals surface area contributed by atoms with Crippen molar-refractivity contribution in [3.63, 3.8) is 0 Å². The molecule has 4 aromatic rings. The highest BCUT2D eigenvalue weighted by Crippen LogP contribution is 2.33. The van der Waals surface area contributed by atoms with Gasteiger partial charge in [-0.3, -0.25) is 0 Å². The topological polar surface area (TPSA) is 92.3 Å². The number of aromatic amines is 1. The molecule has 0 fully saturated rings. The van der Waals surface area contributed by atoms with Gasteiger partial charge in [-0.05, 0) is 30.3 Å². The van der Waals surface area contributed by atoms with Crippen molar-refractivity contribution in [1.29, 1.82) is 0 Å². The summed E-state index contributed by atoms with van der Waals surface area (Å²) in [6, 6.07) is 11.5. The van der Waals surface area contributed by atoms with Gasteiger partial charge in [-0.15, -0.1) is 0 Å². The zero-order valence-corrected chi connectivity index (χ0v) is 15.2. The molecule has 142 valence electrons. The molecule has 0 spiro atoms. The SMILES string of the molecule is COc1ccc(Nc2nccc3[nH]c(-c4cccc(OC)c4F)nc23)cc1O. The van der Waals surface area contributed by atoms with Crippen LogP contribution >= 0.6 is 0 Å². The number of aromatic nitrogens is 3. The Balaban J connectivity index is 1.75. The second kappa shape index (κ2) is 7.07. The number of fused-ring (bicyclic) bond motifs is 1. The minimum absolute atomic E-state index is 0.000781. The summed E-state index contributed by atoms with van der Waals surface area (Å²) in [5.41, 5.74) is 2.13. The number of H-pyrrole nitrogens is 1. The van der Waals surface area contributed by atoms with Crippen LogP contribution in [0.3, 0.4) is 0 Å². The highest BCUT2D eigenvalue weighted by Gasteiger charge is 2.16. The molecular formula is C20H17FN4O3. The number of hydrogen-bond donors (Lipinski definition) is 3. The molecule has 0 bridgehead atoms. The average Bonchev–Trinajstić information content (AvgIpc) is 3.13. The van der Waals surface area contributed by atoms with Gasteiger partial charge in [0.25, 0.3) is 0 Å². The highest BCUT2D eigenvalue weighted by molar-refractivity contribution is 5.90. The van der Waals surface area contributed by atoms with E-state index in [0.717, 1.165) is 0 Å². The Hall–Kier alpha value is -3.81. The summed E-state index contributed by atoms with van der Waals surface area (Å²) >= 11 is 0. The Morgan fingerprint density at radius 3 is 2.64 bits per heavy atom. The number of anilines is 2. The van der Waals surface area contributed by atoms with Crippen LogP contribution in [0.1, 0.15) is 0 Å². The van der Waals surface area contributed by atoms with Crippen LogP contribution in [0.4, 0.5) is 15.9 Å². The fraction of sp³-hybridized carbons (Fsp3) is 0.100. The molecular weight excluding hydrogens is 363 g/mol. The highest BCUT2D eigenvalue weighted by atomic mass is 19.1. The molecule has 2 aromatic heterocycles. The van der Waals surface area contributed by atoms with Crippen molar-refractivity contribution >= 4 is 22.5 Å². The van der Waals surface area contributed by atoms with Gasteiger partial charge in [0.2, 0.25) is 0 Å². The second-order valence-corrected chi connectivity index (χ2v) is 5.97. The summed E-state index contributed by atoms with van der Waals surface area (Å²) in [6.45, 7) is 0. The molecule has 8 heteroatoms. The maximum absolute atomic E-state index is 14.6. The van der Waals surface area contributed by atoms with E-state index in [-0.39, 0.29) is 11.5 Å². The van der Waals surface area contributed by atoms with E-state index in [2.05, 4.69) is 20.3 Å². The van der Waals surface area contributed by atoms with E-state index in [1.807, 2.05) is 0 Å². The Kier molecular flexibility index (Phi) is 4.44. The number of nitrogens with one attached hydrogen (secondary N) is 2. The van der Waals surface area contributed by atoms with Crippen LogP contribution in [-0.2, 0) is 0 Å². The fourth-order valence-electron chi connectivity index (χ4n) is 2.91. The number of imidazole rings is 1. The van der Waals surface area contributed by atoms with Crippen LogP contribution in [-0.4, -0.2) is 34.3 Å². The summed E-state index contributed by atoms with van der Waals surface area (Å²) in [5.74, 6) is 0.843. The summed E-state index contributed by atoms with van der Waals surface area (Å²) in [5, 5.41) is 13.1. The predicted octanol–water partition coefficient (Wildman–Crippen LogP) is 4.23. The first-order valence-corrected chi connectivity index (χ1v) is 8.42. The number of aromatic hydroxyl groups is 1. The number of methoxy groups -OCH3 is 2. The molecule has 0 saturated carbocycles. The molecule has 7 nitrogen and oxygen atoms in total. The van der Waals surface area contributed by atoms with Gasteiger partial charge < -0.3 is 24.9 Å². The molecule has 0 aliphatic carbocycles. The maximum Gasteiger partial charge on any atom is 0.175 e. The average molecular weight is 380 g/mol. The largest absolute Gasteiger partial charge is 0.504 e. The van der Waals surface area contributed by atoms with Crippen molar-refractivity contribution in [2.75, 3.05) is 19.5 Å². The molecule has 3 N–H and O–H groups in total. The van der Waals surface area contributed by atoms with Gasteiger partial charge in [-0.25, -0.2) is 14.4 Å². The lowest BCUT2D eigenvalue weighted by atomic mass is 10.2. The van der Waals surface area contributed by atoms with Crippen LogP contribution < -0.4 is 14.8 Å². The van der Waals surface area contributed by atoms with Crippen LogP contribution in [0.15, 0.2) is 48.7 Å². The van der Waals surface area contributed by atoms with Gasteiger partial charge in [-0.2, -0.15) is 0 Å². The van der Waals surface area contributed by atoms with E-state index in [1.54, 1.807) is 42.6 Å². The number of halogens is 1. The standard InChI is InChI=1S/C20H17FN4O3/c1-27-15-7-6-11(10-14(15)26)23-20-18-13(8-9-22-20)24-19(25-18)12-4-3-5-16(28-2)17(12)21/h3-10,26H,1-2H3,(H,22,23)(H,24,25). The molecule has 0 unspecified atom stereocenters. The molecule has 0 saturated heterocycles. The first-order valence-electron chi connectivity index (χ1n) is 8.42. The van der Waals surface area contributed by atoms with Gasteiger partial charge in [-0.1, -0.05) is 6.07 Å². The Morgan fingerprint density at radius 1 is 1.07 bits per heavy atom. The minimum Gasteiger partial charge on any atom is -0.504 e. The monoisotopic (exact) mass is 380 g/mol. The number of hydrogen-bond acceptors (Lipinski definition) is 6. The van der Waals surface area contributed by atoms with Crippen LogP contribution in [0, 0.1) is 5.82 Å². The van der Waals surface area contributed by atoms with Crippen molar-refractivity contribution in [2.24, 2.45) is 0 Å². The van der Waals surface area contributed by atoms with Crippen molar-refractivity contribution < 1.29 is 19.0 Å². The van der Waals surface area contributed by atoms with Crippen LogP contribution in [0.2, 0.25) is 0 Å². The van der Waals surface area contributed by atoms with Crippen molar-refractivity contribution in [1.82, 2.24) is 15.0 Å². The molecule has 0 radical (unpaired) electrons. The summed E-state index contributed by atoms with van der Waals surface area (Å²) in [7, 11) is 2.89. The van der Waals surface area contributed by atoms with E-state index < -0.39 is 5.82 Å². The van der Waals surface area contributed by atoms with Gasteiger partial charge >= 0.3 is 0 Å². The number of ether oxygens (including phenoxy) is 2. The van der Waals surface area contributed by atoms with E-state index in [9.17, 15) is 9.50 Å². The molecule has 0 atom stereocenters. The quantitative estimate of drug-likeness (QED) is 0.480. The minimum atomic E-state index is -0.494. The Labute approximate surface area is 159 Å². The zero-order chi connectivity index (χ0) is 19.7. The molecule has 2 heterocycles. The smallest absolute Gasteiger partial charge is 0.175 e. The molecule has 0 amide bonds. The first kappa shape index (κ1) is 17.6. The van der Waals surface area contributed by atoms with Crippen molar-refractivity contribution in [3.8, 4) is 28.6 Å². The third kappa shape index (κ3) is 3.05. The molecule has 0 aliphatic rings. The van der Waals surface area contributed by atoms with Gasteiger partial charge in [0.15, 0.2) is 28.9 Å². The van der Waals surface area contributed by atoms with Crippen molar-refractivity contribution in [3.05, 3.63) is 54.5 Å². The fourth-order valence-corrected chi connectivity index (χ4v) is 2.91. The summed E-state index contributed by atoms with van der Waals surface area (Å²) in [4.78, 5) is 11.9. The Bertz CT molecular complexity index is 1160. The number of phenols is 1. The third-order valence-electron chi connectivity index (χ3n) is 4.28. The normalized spacial score (nSPS) is 10.8. The number of phenolic OH excluding ortho intramolecular Hbond substituents is 1. The van der Waals surface area contributed by atoms with Gasteiger partial charge in [0.05, 0.1) is 25.3 Å². The number of benzene rings is 2. The van der Waals surface area contributed by atoms with Crippen molar-refractivity contribution in [2.45, 2.75) is 0 Å². The van der Waals surface area contributed by atoms with E-state index in [0.29, 0.717) is 39.7 Å².